The Balaban J connectivity index is 1.80. The van der Waals surface area contributed by atoms with Crippen molar-refractivity contribution in [3.8, 4) is 0 Å². The van der Waals surface area contributed by atoms with Gasteiger partial charge < -0.3 is 10.2 Å². The molecule has 0 bridgehead atoms. The Morgan fingerprint density at radius 3 is 3.05 bits per heavy atom. The fourth-order valence-electron chi connectivity index (χ4n) is 2.96. The summed E-state index contributed by atoms with van der Waals surface area (Å²) in [5, 5.41) is 3.35. The van der Waals surface area contributed by atoms with E-state index in [1.807, 2.05) is 36.5 Å². The third-order valence-electron chi connectivity index (χ3n) is 4.10. The number of nitrogens with zero attached hydrogens (tertiary/aromatic N) is 3. The van der Waals surface area contributed by atoms with Crippen LogP contribution < -0.4 is 10.2 Å². The highest BCUT2D eigenvalue weighted by Crippen LogP contribution is 2.25. The first-order valence-electron chi connectivity index (χ1n) is 7.88. The second kappa shape index (κ2) is 7.09. The molecule has 116 valence electrons. The van der Waals surface area contributed by atoms with E-state index >= 15 is 0 Å². The molecule has 1 N–H and O–H groups in total. The van der Waals surface area contributed by atoms with Crippen LogP contribution in [0.25, 0.3) is 0 Å². The van der Waals surface area contributed by atoms with Crippen LogP contribution >= 0.6 is 15.9 Å². The number of benzene rings is 1. The number of hydrogen-bond acceptors (Lipinski definition) is 4. The largest absolute Gasteiger partial charge is 0.340 e. The minimum atomic E-state index is 0.565. The second-order valence-corrected chi connectivity index (χ2v) is 6.54. The van der Waals surface area contributed by atoms with Crippen molar-refractivity contribution in [2.24, 2.45) is 0 Å². The highest BCUT2D eigenvalue weighted by molar-refractivity contribution is 9.10. The van der Waals surface area contributed by atoms with Crippen LogP contribution in [0.3, 0.4) is 0 Å². The summed E-state index contributed by atoms with van der Waals surface area (Å²) in [5.41, 5.74) is 1.02. The molecule has 0 aliphatic carbocycles. The first kappa shape index (κ1) is 15.3. The van der Waals surface area contributed by atoms with E-state index in [4.69, 9.17) is 4.98 Å². The SMILES string of the molecule is CCC1CCCCN1c1nccc(Nc2cccc(Br)c2)n1. The van der Waals surface area contributed by atoms with Crippen molar-refractivity contribution >= 4 is 33.4 Å². The molecule has 0 spiro atoms. The number of aromatic nitrogens is 2. The molecule has 0 radical (unpaired) electrons. The third-order valence-corrected chi connectivity index (χ3v) is 4.59. The van der Waals surface area contributed by atoms with Gasteiger partial charge >= 0.3 is 0 Å². The number of hydrogen-bond donors (Lipinski definition) is 1. The molecular weight excluding hydrogens is 340 g/mol. The molecule has 22 heavy (non-hydrogen) atoms. The molecule has 1 aliphatic rings. The van der Waals surface area contributed by atoms with Gasteiger partial charge in [-0.15, -0.1) is 0 Å². The van der Waals surface area contributed by atoms with Crippen LogP contribution in [0.1, 0.15) is 32.6 Å². The molecule has 1 atom stereocenters. The van der Waals surface area contributed by atoms with Crippen LogP contribution in [-0.4, -0.2) is 22.6 Å². The zero-order valence-corrected chi connectivity index (χ0v) is 14.4. The summed E-state index contributed by atoms with van der Waals surface area (Å²) in [6.45, 7) is 3.30. The van der Waals surface area contributed by atoms with Gasteiger partial charge in [0.2, 0.25) is 5.95 Å². The molecule has 1 aromatic heterocycles. The van der Waals surface area contributed by atoms with E-state index in [9.17, 15) is 0 Å². The third kappa shape index (κ3) is 3.58. The number of nitrogens with one attached hydrogen (secondary N) is 1. The van der Waals surface area contributed by atoms with E-state index in [-0.39, 0.29) is 0 Å². The number of piperidine rings is 1. The molecule has 1 aromatic carbocycles. The maximum atomic E-state index is 4.71. The Morgan fingerprint density at radius 2 is 2.23 bits per heavy atom. The molecule has 1 unspecified atom stereocenters. The predicted molar refractivity (Wildman–Crippen MR) is 94.7 cm³/mol. The molecule has 2 aromatic rings. The maximum absolute atomic E-state index is 4.71. The quantitative estimate of drug-likeness (QED) is 0.853. The lowest BCUT2D eigenvalue weighted by Gasteiger charge is -2.35. The average Bonchev–Trinajstić information content (AvgIpc) is 2.55. The maximum Gasteiger partial charge on any atom is 0.227 e. The van der Waals surface area contributed by atoms with Crippen molar-refractivity contribution in [2.75, 3.05) is 16.8 Å². The van der Waals surface area contributed by atoms with Gasteiger partial charge in [0.1, 0.15) is 5.82 Å². The second-order valence-electron chi connectivity index (χ2n) is 5.63. The van der Waals surface area contributed by atoms with Crippen LogP contribution in [0, 0.1) is 0 Å². The van der Waals surface area contributed by atoms with E-state index in [1.165, 1.54) is 19.3 Å². The highest BCUT2D eigenvalue weighted by Gasteiger charge is 2.23. The van der Waals surface area contributed by atoms with Crippen molar-refractivity contribution < 1.29 is 0 Å². The van der Waals surface area contributed by atoms with E-state index in [0.717, 1.165) is 34.9 Å². The van der Waals surface area contributed by atoms with Crippen LogP contribution in [0.5, 0.6) is 0 Å². The fraction of sp³-hybridized carbons (Fsp3) is 0.412. The molecule has 3 rings (SSSR count). The van der Waals surface area contributed by atoms with E-state index < -0.39 is 0 Å². The van der Waals surface area contributed by atoms with Gasteiger partial charge in [-0.25, -0.2) is 4.98 Å². The van der Waals surface area contributed by atoms with E-state index in [1.54, 1.807) is 0 Å². The molecule has 5 heteroatoms. The van der Waals surface area contributed by atoms with Gasteiger partial charge in [-0.1, -0.05) is 28.9 Å². The molecule has 1 saturated heterocycles. The minimum absolute atomic E-state index is 0.565. The zero-order chi connectivity index (χ0) is 15.4. The van der Waals surface area contributed by atoms with Crippen LogP contribution in [0.15, 0.2) is 41.0 Å². The van der Waals surface area contributed by atoms with Gasteiger partial charge in [0.05, 0.1) is 0 Å². The predicted octanol–water partition coefficient (Wildman–Crippen LogP) is 4.75. The number of halogens is 1. The molecule has 2 heterocycles. The summed E-state index contributed by atoms with van der Waals surface area (Å²) in [6, 6.07) is 10.6. The lowest BCUT2D eigenvalue weighted by molar-refractivity contribution is 0.443. The summed E-state index contributed by atoms with van der Waals surface area (Å²) < 4.78 is 1.05. The van der Waals surface area contributed by atoms with Gasteiger partial charge in [0.25, 0.3) is 0 Å². The average molecular weight is 361 g/mol. The number of rotatable bonds is 4. The molecule has 1 aliphatic heterocycles. The smallest absolute Gasteiger partial charge is 0.227 e. The standard InChI is InChI=1S/C17H21BrN4/c1-2-15-8-3-4-11-22(15)17-19-10-9-16(21-17)20-14-7-5-6-13(18)12-14/h5-7,9-10,12,15H,2-4,8,11H2,1H3,(H,19,20,21). The van der Waals surface area contributed by atoms with Crippen molar-refractivity contribution in [1.82, 2.24) is 9.97 Å². The highest BCUT2D eigenvalue weighted by atomic mass is 79.9. The summed E-state index contributed by atoms with van der Waals surface area (Å²) in [6.07, 6.45) is 6.76. The van der Waals surface area contributed by atoms with E-state index in [2.05, 4.69) is 38.1 Å². The summed E-state index contributed by atoms with van der Waals surface area (Å²) in [7, 11) is 0. The molecule has 0 amide bonds. The molecule has 0 saturated carbocycles. The van der Waals surface area contributed by atoms with Crippen molar-refractivity contribution in [3.63, 3.8) is 0 Å². The topological polar surface area (TPSA) is 41.1 Å². The first-order valence-corrected chi connectivity index (χ1v) is 8.68. The van der Waals surface area contributed by atoms with Crippen molar-refractivity contribution in [1.29, 1.82) is 0 Å². The first-order chi connectivity index (χ1) is 10.8. The van der Waals surface area contributed by atoms with Crippen LogP contribution in [-0.2, 0) is 0 Å². The van der Waals surface area contributed by atoms with Gasteiger partial charge in [-0.3, -0.25) is 0 Å². The normalized spacial score (nSPS) is 18.3. The van der Waals surface area contributed by atoms with Crippen molar-refractivity contribution in [3.05, 3.63) is 41.0 Å². The zero-order valence-electron chi connectivity index (χ0n) is 12.8. The number of anilines is 3. The lowest BCUT2D eigenvalue weighted by atomic mass is 10.0. The Kier molecular flexibility index (Phi) is 4.93. The minimum Gasteiger partial charge on any atom is -0.340 e. The summed E-state index contributed by atoms with van der Waals surface area (Å²) in [4.78, 5) is 11.6. The summed E-state index contributed by atoms with van der Waals surface area (Å²) >= 11 is 3.49. The lowest BCUT2D eigenvalue weighted by Crippen LogP contribution is -2.40. The monoisotopic (exact) mass is 360 g/mol. The molecule has 4 nitrogen and oxygen atoms in total. The molecular formula is C17H21BrN4. The van der Waals surface area contributed by atoms with Gasteiger partial charge in [0, 0.05) is 28.9 Å². The van der Waals surface area contributed by atoms with Gasteiger partial charge in [-0.2, -0.15) is 4.98 Å². The van der Waals surface area contributed by atoms with E-state index in [0.29, 0.717) is 6.04 Å². The molecule has 1 fully saturated rings. The fourth-order valence-corrected chi connectivity index (χ4v) is 3.36. The Labute approximate surface area is 140 Å². The Bertz CT molecular complexity index is 632. The van der Waals surface area contributed by atoms with Crippen LogP contribution in [0.4, 0.5) is 17.5 Å². The Morgan fingerprint density at radius 1 is 1.32 bits per heavy atom. The Hall–Kier alpha value is -1.62. The van der Waals surface area contributed by atoms with Gasteiger partial charge in [-0.05, 0) is 49.9 Å². The van der Waals surface area contributed by atoms with Gasteiger partial charge in [0.15, 0.2) is 0 Å². The van der Waals surface area contributed by atoms with Crippen molar-refractivity contribution in [2.45, 2.75) is 38.6 Å². The van der Waals surface area contributed by atoms with Crippen LogP contribution in [0.2, 0.25) is 0 Å². The summed E-state index contributed by atoms with van der Waals surface area (Å²) in [5.74, 6) is 1.68.